The third kappa shape index (κ3) is 9.00. The molecular formula is C22H27BrN2O4. The van der Waals surface area contributed by atoms with Crippen molar-refractivity contribution >= 4 is 28.1 Å². The first-order valence-corrected chi connectivity index (χ1v) is 10.2. The Labute approximate surface area is 180 Å². The molecule has 29 heavy (non-hydrogen) atoms. The van der Waals surface area contributed by atoms with Crippen molar-refractivity contribution in [3.8, 4) is 0 Å². The van der Waals surface area contributed by atoms with Gasteiger partial charge >= 0.3 is 12.2 Å². The van der Waals surface area contributed by atoms with E-state index in [0.29, 0.717) is 13.0 Å². The van der Waals surface area contributed by atoms with Gasteiger partial charge in [-0.25, -0.2) is 9.59 Å². The Hall–Kier alpha value is -2.54. The van der Waals surface area contributed by atoms with E-state index in [1.54, 1.807) is 20.8 Å². The lowest BCUT2D eigenvalue weighted by Gasteiger charge is -2.22. The molecule has 0 aliphatic heterocycles. The largest absolute Gasteiger partial charge is 0.445 e. The zero-order valence-corrected chi connectivity index (χ0v) is 18.5. The van der Waals surface area contributed by atoms with Crippen LogP contribution < -0.4 is 10.6 Å². The summed E-state index contributed by atoms with van der Waals surface area (Å²) in [4.78, 5) is 24.2. The molecule has 7 heteroatoms. The lowest BCUT2D eigenvalue weighted by molar-refractivity contribution is 0.0526. The summed E-state index contributed by atoms with van der Waals surface area (Å²) in [6.45, 7) is 5.95. The van der Waals surface area contributed by atoms with Gasteiger partial charge in [0.2, 0.25) is 0 Å². The number of amides is 2. The first kappa shape index (κ1) is 22.7. The van der Waals surface area contributed by atoms with E-state index in [4.69, 9.17) is 9.47 Å². The van der Waals surface area contributed by atoms with Crippen LogP contribution in [0.1, 0.15) is 44.4 Å². The second-order valence-electron chi connectivity index (χ2n) is 7.53. The van der Waals surface area contributed by atoms with Gasteiger partial charge in [0.15, 0.2) is 0 Å². The van der Waals surface area contributed by atoms with Crippen molar-refractivity contribution in [1.82, 2.24) is 10.6 Å². The number of ether oxygens (including phenoxy) is 2. The SMILES string of the molecule is CC(C)(C)OC(=O)NCCC(NC(=O)OCc1ccccc1)c1cccc(Br)c1. The van der Waals surface area contributed by atoms with Crippen molar-refractivity contribution in [3.05, 3.63) is 70.2 Å². The van der Waals surface area contributed by atoms with Crippen LogP contribution in [-0.4, -0.2) is 24.3 Å². The quantitative estimate of drug-likeness (QED) is 0.582. The summed E-state index contributed by atoms with van der Waals surface area (Å²) < 4.78 is 11.5. The molecule has 0 radical (unpaired) electrons. The van der Waals surface area contributed by atoms with Gasteiger partial charge in [0.05, 0.1) is 6.04 Å². The standard InChI is InChI=1S/C22H27BrN2O4/c1-22(2,3)29-20(26)24-13-12-19(17-10-7-11-18(23)14-17)25-21(27)28-15-16-8-5-4-6-9-16/h4-11,14,19H,12-13,15H2,1-3H3,(H,24,26)(H,25,27). The van der Waals surface area contributed by atoms with Crippen molar-refractivity contribution in [2.75, 3.05) is 6.54 Å². The predicted octanol–water partition coefficient (Wildman–Crippen LogP) is 5.33. The number of nitrogens with one attached hydrogen (secondary N) is 2. The Morgan fingerprint density at radius 2 is 1.76 bits per heavy atom. The molecule has 0 bridgehead atoms. The highest BCUT2D eigenvalue weighted by Crippen LogP contribution is 2.21. The number of carbonyl (C=O) groups excluding carboxylic acids is 2. The zero-order valence-electron chi connectivity index (χ0n) is 16.9. The molecule has 0 aromatic heterocycles. The molecule has 2 aromatic rings. The minimum absolute atomic E-state index is 0.189. The van der Waals surface area contributed by atoms with E-state index < -0.39 is 17.8 Å². The van der Waals surface area contributed by atoms with Gasteiger partial charge < -0.3 is 20.1 Å². The Morgan fingerprint density at radius 1 is 1.03 bits per heavy atom. The molecule has 0 saturated heterocycles. The lowest BCUT2D eigenvalue weighted by atomic mass is 10.0. The molecule has 0 aliphatic carbocycles. The van der Waals surface area contributed by atoms with Crippen LogP contribution in [-0.2, 0) is 16.1 Å². The van der Waals surface area contributed by atoms with E-state index in [-0.39, 0.29) is 12.6 Å². The molecule has 0 spiro atoms. The predicted molar refractivity (Wildman–Crippen MR) is 115 cm³/mol. The maximum absolute atomic E-state index is 12.3. The molecule has 156 valence electrons. The van der Waals surface area contributed by atoms with Crippen LogP contribution in [0, 0.1) is 0 Å². The molecule has 2 rings (SSSR count). The van der Waals surface area contributed by atoms with Crippen LogP contribution in [0.4, 0.5) is 9.59 Å². The van der Waals surface area contributed by atoms with Crippen LogP contribution in [0.25, 0.3) is 0 Å². The molecule has 6 nitrogen and oxygen atoms in total. The first-order valence-electron chi connectivity index (χ1n) is 9.42. The second-order valence-corrected chi connectivity index (χ2v) is 8.45. The fraction of sp³-hybridized carbons (Fsp3) is 0.364. The van der Waals surface area contributed by atoms with Crippen molar-refractivity contribution < 1.29 is 19.1 Å². The van der Waals surface area contributed by atoms with Crippen LogP contribution in [0.5, 0.6) is 0 Å². The van der Waals surface area contributed by atoms with Crippen molar-refractivity contribution in [2.45, 2.75) is 45.4 Å². The average Bonchev–Trinajstić information content (AvgIpc) is 2.65. The number of carbonyl (C=O) groups is 2. The van der Waals surface area contributed by atoms with E-state index in [0.717, 1.165) is 15.6 Å². The van der Waals surface area contributed by atoms with E-state index in [9.17, 15) is 9.59 Å². The van der Waals surface area contributed by atoms with Gasteiger partial charge in [0.1, 0.15) is 12.2 Å². The summed E-state index contributed by atoms with van der Waals surface area (Å²) >= 11 is 3.45. The fourth-order valence-electron chi connectivity index (χ4n) is 2.59. The summed E-state index contributed by atoms with van der Waals surface area (Å²) in [6, 6.07) is 16.8. The minimum atomic E-state index is -0.562. The van der Waals surface area contributed by atoms with Crippen molar-refractivity contribution in [2.24, 2.45) is 0 Å². The number of hydrogen-bond acceptors (Lipinski definition) is 4. The molecule has 2 N–H and O–H groups in total. The van der Waals surface area contributed by atoms with Crippen molar-refractivity contribution in [3.63, 3.8) is 0 Å². The normalized spacial score (nSPS) is 12.0. The van der Waals surface area contributed by atoms with Gasteiger partial charge in [-0.3, -0.25) is 0 Å². The molecular weight excluding hydrogens is 436 g/mol. The highest BCUT2D eigenvalue weighted by atomic mass is 79.9. The zero-order chi connectivity index (χ0) is 21.3. The van der Waals surface area contributed by atoms with E-state index >= 15 is 0 Å². The number of rotatable bonds is 7. The molecule has 1 unspecified atom stereocenters. The summed E-state index contributed by atoms with van der Waals surface area (Å²) in [5, 5.41) is 5.60. The maximum atomic E-state index is 12.3. The molecule has 0 saturated carbocycles. The number of alkyl carbamates (subject to hydrolysis) is 2. The average molecular weight is 463 g/mol. The molecule has 2 aromatic carbocycles. The van der Waals surface area contributed by atoms with E-state index in [2.05, 4.69) is 26.6 Å². The van der Waals surface area contributed by atoms with Gasteiger partial charge in [-0.05, 0) is 50.5 Å². The number of benzene rings is 2. The molecule has 1 atom stereocenters. The maximum Gasteiger partial charge on any atom is 0.407 e. The van der Waals surface area contributed by atoms with Gasteiger partial charge in [-0.1, -0.05) is 58.4 Å². The van der Waals surface area contributed by atoms with Gasteiger partial charge in [0.25, 0.3) is 0 Å². The Kier molecular flexibility index (Phi) is 8.51. The molecule has 0 heterocycles. The van der Waals surface area contributed by atoms with E-state index in [1.165, 1.54) is 0 Å². The number of halogens is 1. The first-order chi connectivity index (χ1) is 13.7. The second kappa shape index (κ2) is 10.9. The van der Waals surface area contributed by atoms with Crippen LogP contribution in [0.2, 0.25) is 0 Å². The minimum Gasteiger partial charge on any atom is -0.445 e. The topological polar surface area (TPSA) is 76.7 Å². The van der Waals surface area contributed by atoms with Crippen LogP contribution in [0.15, 0.2) is 59.1 Å². The fourth-order valence-corrected chi connectivity index (χ4v) is 3.00. The highest BCUT2D eigenvalue weighted by molar-refractivity contribution is 9.10. The summed E-state index contributed by atoms with van der Waals surface area (Å²) in [6.07, 6.45) is -0.524. The van der Waals surface area contributed by atoms with Crippen LogP contribution >= 0.6 is 15.9 Å². The van der Waals surface area contributed by atoms with E-state index in [1.807, 2.05) is 54.6 Å². The van der Waals surface area contributed by atoms with Crippen molar-refractivity contribution in [1.29, 1.82) is 0 Å². The summed E-state index contributed by atoms with van der Waals surface area (Å²) in [5.74, 6) is 0. The summed E-state index contributed by atoms with van der Waals surface area (Å²) in [5.41, 5.74) is 1.25. The lowest BCUT2D eigenvalue weighted by Crippen LogP contribution is -2.35. The molecule has 0 aliphatic rings. The summed E-state index contributed by atoms with van der Waals surface area (Å²) in [7, 11) is 0. The molecule has 0 fully saturated rings. The smallest absolute Gasteiger partial charge is 0.407 e. The van der Waals surface area contributed by atoms with Gasteiger partial charge in [-0.2, -0.15) is 0 Å². The van der Waals surface area contributed by atoms with Crippen LogP contribution in [0.3, 0.4) is 0 Å². The Morgan fingerprint density at radius 3 is 2.41 bits per heavy atom. The highest BCUT2D eigenvalue weighted by Gasteiger charge is 2.19. The Balaban J connectivity index is 1.94. The third-order valence-corrected chi connectivity index (χ3v) is 4.35. The monoisotopic (exact) mass is 462 g/mol. The van der Waals surface area contributed by atoms with Gasteiger partial charge in [0, 0.05) is 11.0 Å². The molecule has 2 amide bonds. The Bertz CT molecular complexity index is 806. The number of hydrogen-bond donors (Lipinski definition) is 2. The van der Waals surface area contributed by atoms with Gasteiger partial charge in [-0.15, -0.1) is 0 Å². The third-order valence-electron chi connectivity index (χ3n) is 3.86.